The van der Waals surface area contributed by atoms with Crippen molar-refractivity contribution in [2.24, 2.45) is 5.29 Å². The van der Waals surface area contributed by atoms with E-state index in [0.717, 1.165) is 22.8 Å². The predicted octanol–water partition coefficient (Wildman–Crippen LogP) is 6.53. The van der Waals surface area contributed by atoms with Crippen molar-refractivity contribution >= 4 is 28.3 Å². The average molecular weight is 402 g/mol. The van der Waals surface area contributed by atoms with Crippen LogP contribution in [0.5, 0.6) is 0 Å². The van der Waals surface area contributed by atoms with Gasteiger partial charge in [0.05, 0.1) is 5.29 Å². The van der Waals surface area contributed by atoms with Crippen molar-refractivity contribution in [3.05, 3.63) is 88.2 Å². The quantitative estimate of drug-likeness (QED) is 0.190. The largest absolute Gasteiger partial charge is 0.451 e. The number of furan rings is 2. The van der Waals surface area contributed by atoms with Gasteiger partial charge in [-0.1, -0.05) is 43.3 Å². The molecular formula is C24H22N2O4. The third-order valence-electron chi connectivity index (χ3n) is 5.05. The van der Waals surface area contributed by atoms with Crippen LogP contribution in [0.25, 0.3) is 11.0 Å². The molecule has 0 aliphatic carbocycles. The highest BCUT2D eigenvalue weighted by Gasteiger charge is 2.28. The highest BCUT2D eigenvalue weighted by atomic mass is 16.4. The van der Waals surface area contributed by atoms with Crippen molar-refractivity contribution in [3.8, 4) is 0 Å². The molecule has 0 unspecified atom stereocenters. The zero-order valence-corrected chi connectivity index (χ0v) is 16.9. The van der Waals surface area contributed by atoms with Crippen LogP contribution in [-0.2, 0) is 12.8 Å². The number of hydrogen-bond donors (Lipinski definition) is 0. The Morgan fingerprint density at radius 3 is 2.53 bits per heavy atom. The van der Waals surface area contributed by atoms with Gasteiger partial charge < -0.3 is 8.83 Å². The van der Waals surface area contributed by atoms with Crippen molar-refractivity contribution < 1.29 is 13.6 Å². The summed E-state index contributed by atoms with van der Waals surface area (Å²) < 4.78 is 11.7. The third kappa shape index (κ3) is 3.76. The van der Waals surface area contributed by atoms with Crippen LogP contribution in [0.1, 0.15) is 40.8 Å². The van der Waals surface area contributed by atoms with Crippen LogP contribution in [0.4, 0.5) is 11.6 Å². The molecule has 2 aromatic heterocycles. The van der Waals surface area contributed by atoms with Crippen LogP contribution in [0, 0.1) is 11.8 Å². The summed E-state index contributed by atoms with van der Waals surface area (Å²) in [5.41, 5.74) is 3.04. The number of rotatable bonds is 8. The van der Waals surface area contributed by atoms with Gasteiger partial charge in [0.15, 0.2) is 11.5 Å². The number of hydrogen-bond acceptors (Lipinski definition) is 5. The Labute approximate surface area is 174 Å². The second kappa shape index (κ2) is 8.37. The fourth-order valence-electron chi connectivity index (χ4n) is 3.47. The van der Waals surface area contributed by atoms with E-state index in [0.29, 0.717) is 23.1 Å². The molecule has 0 atom stereocenters. The molecule has 0 N–H and O–H groups in total. The summed E-state index contributed by atoms with van der Waals surface area (Å²) in [6.45, 7) is 3.68. The van der Waals surface area contributed by atoms with Crippen molar-refractivity contribution in [2.45, 2.75) is 33.1 Å². The number of aryl methyl sites for hydroxylation is 3. The second-order valence-corrected chi connectivity index (χ2v) is 7.18. The molecule has 0 saturated heterocycles. The van der Waals surface area contributed by atoms with Crippen molar-refractivity contribution in [3.63, 3.8) is 0 Å². The summed E-state index contributed by atoms with van der Waals surface area (Å²) in [5.74, 6) is 0.888. The Balaban J connectivity index is 1.69. The van der Waals surface area contributed by atoms with E-state index in [9.17, 15) is 9.70 Å². The summed E-state index contributed by atoms with van der Waals surface area (Å²) >= 11 is 0. The molecule has 30 heavy (non-hydrogen) atoms. The number of ketones is 1. The molecule has 6 heteroatoms. The number of nitroso groups, excluding NO2 is 1. The lowest BCUT2D eigenvalue weighted by Crippen LogP contribution is -2.10. The summed E-state index contributed by atoms with van der Waals surface area (Å²) in [5, 5.41) is 4.91. The molecule has 0 fully saturated rings. The Hall–Kier alpha value is -3.67. The summed E-state index contributed by atoms with van der Waals surface area (Å²) in [4.78, 5) is 24.3. The van der Waals surface area contributed by atoms with Crippen LogP contribution in [-0.4, -0.2) is 5.78 Å². The zero-order valence-electron chi connectivity index (χ0n) is 16.9. The average Bonchev–Trinajstić information content (AvgIpc) is 3.38. The molecule has 6 nitrogen and oxygen atoms in total. The molecular weight excluding hydrogens is 380 g/mol. The first-order valence-corrected chi connectivity index (χ1v) is 9.93. The number of benzene rings is 2. The fraction of sp³-hybridized carbons (Fsp3) is 0.208. The number of anilines is 2. The first kappa shape index (κ1) is 19.6. The molecule has 4 aromatic rings. The maximum atomic E-state index is 12.5. The Morgan fingerprint density at radius 2 is 1.80 bits per heavy atom. The van der Waals surface area contributed by atoms with Crippen molar-refractivity contribution in [1.29, 1.82) is 0 Å². The first-order chi connectivity index (χ1) is 14.6. The van der Waals surface area contributed by atoms with E-state index in [2.05, 4.69) is 17.4 Å². The second-order valence-electron chi connectivity index (χ2n) is 7.18. The standard InChI is InChI=1S/C24H22N2O4/c1-3-20(27)24-23(19-13-9-16(2)15-21(19)30-24)26(25-28)22-14-12-18(29-22)11-10-17-7-5-4-6-8-17/h4-9,12-15H,3,10-11H2,1-2H3. The first-order valence-electron chi connectivity index (χ1n) is 9.93. The van der Waals surface area contributed by atoms with Gasteiger partial charge >= 0.3 is 0 Å². The number of carbonyl (C=O) groups is 1. The third-order valence-corrected chi connectivity index (χ3v) is 5.05. The van der Waals surface area contributed by atoms with Crippen molar-refractivity contribution in [2.75, 3.05) is 5.01 Å². The van der Waals surface area contributed by atoms with Crippen LogP contribution in [0.3, 0.4) is 0 Å². The van der Waals surface area contributed by atoms with Gasteiger partial charge in [-0.15, -0.1) is 4.91 Å². The van der Waals surface area contributed by atoms with Gasteiger partial charge in [-0.3, -0.25) is 4.79 Å². The van der Waals surface area contributed by atoms with Crippen LogP contribution in [0.15, 0.2) is 74.8 Å². The number of Topliss-reactive ketones (excluding diaryl/α,β-unsaturated/α-hetero) is 1. The number of carbonyl (C=O) groups excluding carboxylic acids is 1. The van der Waals surface area contributed by atoms with Gasteiger partial charge in [-0.25, -0.2) is 0 Å². The van der Waals surface area contributed by atoms with Crippen molar-refractivity contribution in [1.82, 2.24) is 0 Å². The lowest BCUT2D eigenvalue weighted by atomic mass is 10.1. The minimum atomic E-state index is -0.205. The fourth-order valence-corrected chi connectivity index (χ4v) is 3.47. The minimum absolute atomic E-state index is 0.111. The Kier molecular flexibility index (Phi) is 5.48. The van der Waals surface area contributed by atoms with E-state index in [-0.39, 0.29) is 23.8 Å². The molecule has 2 aromatic carbocycles. The molecule has 2 heterocycles. The van der Waals surface area contributed by atoms with Crippen LogP contribution < -0.4 is 5.01 Å². The highest BCUT2D eigenvalue weighted by molar-refractivity contribution is 6.08. The Bertz CT molecular complexity index is 1190. The number of fused-ring (bicyclic) bond motifs is 1. The van der Waals surface area contributed by atoms with Gasteiger partial charge in [-0.2, -0.15) is 5.01 Å². The van der Waals surface area contributed by atoms with E-state index < -0.39 is 0 Å². The van der Waals surface area contributed by atoms with E-state index >= 15 is 0 Å². The van der Waals surface area contributed by atoms with Gasteiger partial charge in [0, 0.05) is 24.3 Å². The topological polar surface area (TPSA) is 76.0 Å². The molecule has 0 radical (unpaired) electrons. The van der Waals surface area contributed by atoms with Crippen LogP contribution in [0.2, 0.25) is 0 Å². The lowest BCUT2D eigenvalue weighted by molar-refractivity contribution is 0.0964. The van der Waals surface area contributed by atoms with Gasteiger partial charge in [-0.05, 0) is 42.7 Å². The van der Waals surface area contributed by atoms with E-state index in [1.165, 1.54) is 5.56 Å². The van der Waals surface area contributed by atoms with Gasteiger partial charge in [0.1, 0.15) is 17.0 Å². The number of nitrogens with zero attached hydrogens (tertiary/aromatic N) is 2. The summed E-state index contributed by atoms with van der Waals surface area (Å²) in [6.07, 6.45) is 1.75. The molecule has 0 aliphatic rings. The lowest BCUT2D eigenvalue weighted by Gasteiger charge is -2.12. The molecule has 0 spiro atoms. The SMILES string of the molecule is CCC(=O)c1oc2cc(C)ccc2c1N(N=O)c1ccc(CCc2ccccc2)o1. The monoisotopic (exact) mass is 402 g/mol. The minimum Gasteiger partial charge on any atom is -0.451 e. The molecule has 4 rings (SSSR count). The molecule has 0 bridgehead atoms. The van der Waals surface area contributed by atoms with Gasteiger partial charge in [0.25, 0.3) is 0 Å². The molecule has 0 aliphatic heterocycles. The zero-order chi connectivity index (χ0) is 21.1. The normalized spacial score (nSPS) is 11.0. The Morgan fingerprint density at radius 1 is 1.00 bits per heavy atom. The summed E-state index contributed by atoms with van der Waals surface area (Å²) in [6, 6.07) is 19.2. The maximum Gasteiger partial charge on any atom is 0.223 e. The molecule has 0 saturated carbocycles. The van der Waals surface area contributed by atoms with Gasteiger partial charge in [0.2, 0.25) is 5.88 Å². The highest BCUT2D eigenvalue weighted by Crippen LogP contribution is 2.40. The maximum absolute atomic E-state index is 12.5. The van der Waals surface area contributed by atoms with E-state index in [1.807, 2.05) is 49.4 Å². The summed E-state index contributed by atoms with van der Waals surface area (Å²) in [7, 11) is 0. The smallest absolute Gasteiger partial charge is 0.223 e. The predicted molar refractivity (Wildman–Crippen MR) is 116 cm³/mol. The molecule has 0 amide bonds. The van der Waals surface area contributed by atoms with E-state index in [1.54, 1.807) is 13.0 Å². The van der Waals surface area contributed by atoms with E-state index in [4.69, 9.17) is 8.83 Å². The molecule has 152 valence electrons. The van der Waals surface area contributed by atoms with Crippen LogP contribution >= 0.6 is 0 Å².